The molecule has 2 heterocycles. The van der Waals surface area contributed by atoms with Gasteiger partial charge in [0.1, 0.15) is 0 Å². The summed E-state index contributed by atoms with van der Waals surface area (Å²) in [6, 6.07) is 3.54. The van der Waals surface area contributed by atoms with Crippen LogP contribution in [0, 0.1) is 0 Å². The monoisotopic (exact) mass is 232 g/mol. The molecule has 2 aromatic heterocycles. The predicted molar refractivity (Wildman–Crippen MR) is 66.8 cm³/mol. The number of hydrogen-bond donors (Lipinski definition) is 1. The van der Waals surface area contributed by atoms with Crippen LogP contribution in [0.5, 0.6) is 0 Å². The number of hydrogen-bond acceptors (Lipinski definition) is 3. The Labute approximate surface area is 99.5 Å². The van der Waals surface area contributed by atoms with Crippen molar-refractivity contribution < 1.29 is 0 Å². The SMILES string of the molecule is CCc1cc(Cn2ccc(=O)c(N)c2)n(C)n1. The average Bonchev–Trinajstić information content (AvgIpc) is 2.65. The molecule has 0 unspecified atom stereocenters. The second kappa shape index (κ2) is 4.45. The second-order valence-electron chi connectivity index (χ2n) is 4.04. The van der Waals surface area contributed by atoms with Crippen molar-refractivity contribution in [1.29, 1.82) is 0 Å². The maximum atomic E-state index is 11.2. The number of rotatable bonds is 3. The summed E-state index contributed by atoms with van der Waals surface area (Å²) < 4.78 is 3.74. The molecule has 0 aliphatic heterocycles. The van der Waals surface area contributed by atoms with E-state index in [0.29, 0.717) is 6.54 Å². The molecule has 0 fully saturated rings. The molecule has 2 N–H and O–H groups in total. The van der Waals surface area contributed by atoms with Crippen molar-refractivity contribution in [3.05, 3.63) is 46.1 Å². The molecule has 2 aromatic rings. The van der Waals surface area contributed by atoms with Gasteiger partial charge in [-0.2, -0.15) is 5.10 Å². The third kappa shape index (κ3) is 2.38. The maximum Gasteiger partial charge on any atom is 0.204 e. The Morgan fingerprint density at radius 1 is 1.47 bits per heavy atom. The van der Waals surface area contributed by atoms with E-state index in [2.05, 4.69) is 18.1 Å². The minimum Gasteiger partial charge on any atom is -0.394 e. The molecular formula is C12H16N4O. The summed E-state index contributed by atoms with van der Waals surface area (Å²) in [6.07, 6.45) is 4.30. The summed E-state index contributed by atoms with van der Waals surface area (Å²) >= 11 is 0. The first-order chi connectivity index (χ1) is 8.10. The molecule has 0 aliphatic carbocycles. The normalized spacial score (nSPS) is 10.7. The highest BCUT2D eigenvalue weighted by Crippen LogP contribution is 2.06. The van der Waals surface area contributed by atoms with E-state index >= 15 is 0 Å². The van der Waals surface area contributed by atoms with E-state index in [-0.39, 0.29) is 11.1 Å². The first-order valence-electron chi connectivity index (χ1n) is 5.57. The molecule has 0 saturated heterocycles. The van der Waals surface area contributed by atoms with Crippen LogP contribution in [-0.2, 0) is 20.0 Å². The van der Waals surface area contributed by atoms with Crippen molar-refractivity contribution in [3.8, 4) is 0 Å². The third-order valence-electron chi connectivity index (χ3n) is 2.74. The van der Waals surface area contributed by atoms with Gasteiger partial charge in [-0.15, -0.1) is 0 Å². The molecule has 0 atom stereocenters. The van der Waals surface area contributed by atoms with Crippen molar-refractivity contribution in [2.45, 2.75) is 19.9 Å². The number of nitrogen functional groups attached to an aromatic ring is 1. The average molecular weight is 232 g/mol. The molecule has 5 heteroatoms. The van der Waals surface area contributed by atoms with E-state index < -0.39 is 0 Å². The largest absolute Gasteiger partial charge is 0.394 e. The zero-order valence-electron chi connectivity index (χ0n) is 10.1. The van der Waals surface area contributed by atoms with Crippen molar-refractivity contribution in [3.63, 3.8) is 0 Å². The number of pyridine rings is 1. The molecule has 2 rings (SSSR count). The number of aryl methyl sites for hydroxylation is 2. The zero-order valence-corrected chi connectivity index (χ0v) is 10.1. The van der Waals surface area contributed by atoms with Gasteiger partial charge in [-0.05, 0) is 12.5 Å². The van der Waals surface area contributed by atoms with Gasteiger partial charge in [0.05, 0.1) is 23.6 Å². The summed E-state index contributed by atoms with van der Waals surface area (Å²) in [5.41, 5.74) is 7.87. The van der Waals surface area contributed by atoms with Crippen LogP contribution in [0.2, 0.25) is 0 Å². The molecule has 0 radical (unpaired) electrons. The summed E-state index contributed by atoms with van der Waals surface area (Å²) in [5, 5.41) is 4.38. The van der Waals surface area contributed by atoms with Gasteiger partial charge in [0, 0.05) is 25.5 Å². The summed E-state index contributed by atoms with van der Waals surface area (Å²) in [6.45, 7) is 2.73. The van der Waals surface area contributed by atoms with E-state index in [1.165, 1.54) is 6.07 Å². The lowest BCUT2D eigenvalue weighted by Gasteiger charge is -2.06. The maximum absolute atomic E-state index is 11.2. The Bertz CT molecular complexity index is 582. The lowest BCUT2D eigenvalue weighted by atomic mass is 10.3. The van der Waals surface area contributed by atoms with Gasteiger partial charge >= 0.3 is 0 Å². The molecule has 0 bridgehead atoms. The van der Waals surface area contributed by atoms with Crippen molar-refractivity contribution in [1.82, 2.24) is 14.3 Å². The highest BCUT2D eigenvalue weighted by atomic mass is 16.1. The van der Waals surface area contributed by atoms with Crippen LogP contribution in [0.1, 0.15) is 18.3 Å². The van der Waals surface area contributed by atoms with Gasteiger partial charge < -0.3 is 10.3 Å². The van der Waals surface area contributed by atoms with Gasteiger partial charge in [-0.1, -0.05) is 6.92 Å². The molecule has 0 saturated carbocycles. The fourth-order valence-corrected chi connectivity index (χ4v) is 1.72. The van der Waals surface area contributed by atoms with E-state index in [4.69, 9.17) is 5.73 Å². The summed E-state index contributed by atoms with van der Waals surface area (Å²) in [4.78, 5) is 11.2. The first kappa shape index (κ1) is 11.4. The fourth-order valence-electron chi connectivity index (χ4n) is 1.72. The predicted octanol–water partition coefficient (Wildman–Crippen LogP) is 0.775. The Kier molecular flexibility index (Phi) is 2.99. The summed E-state index contributed by atoms with van der Waals surface area (Å²) in [7, 11) is 1.92. The number of nitrogens with zero attached hydrogens (tertiary/aromatic N) is 3. The number of nitrogens with two attached hydrogens (primary N) is 1. The Hall–Kier alpha value is -2.04. The van der Waals surface area contributed by atoms with E-state index in [0.717, 1.165) is 17.8 Å². The minimum atomic E-state index is -0.138. The van der Waals surface area contributed by atoms with E-state index in [9.17, 15) is 4.79 Å². The molecule has 17 heavy (non-hydrogen) atoms. The van der Waals surface area contributed by atoms with Crippen LogP contribution in [0.15, 0.2) is 29.3 Å². The minimum absolute atomic E-state index is 0.138. The standard InChI is InChI=1S/C12H16N4O/c1-3-9-6-10(15(2)14-9)7-16-5-4-12(17)11(13)8-16/h4-6,8H,3,7,13H2,1-2H3. The molecule has 0 spiro atoms. The van der Waals surface area contributed by atoms with E-state index in [1.54, 1.807) is 12.4 Å². The van der Waals surface area contributed by atoms with Gasteiger partial charge in [-0.3, -0.25) is 9.48 Å². The van der Waals surface area contributed by atoms with Crippen molar-refractivity contribution in [2.75, 3.05) is 5.73 Å². The smallest absolute Gasteiger partial charge is 0.204 e. The van der Waals surface area contributed by atoms with Crippen molar-refractivity contribution >= 4 is 5.69 Å². The highest BCUT2D eigenvalue weighted by Gasteiger charge is 2.04. The third-order valence-corrected chi connectivity index (χ3v) is 2.74. The van der Waals surface area contributed by atoms with Crippen LogP contribution in [0.4, 0.5) is 5.69 Å². The quantitative estimate of drug-likeness (QED) is 0.850. The molecular weight excluding hydrogens is 216 g/mol. The lowest BCUT2D eigenvalue weighted by Crippen LogP contribution is -2.12. The summed E-state index contributed by atoms with van der Waals surface area (Å²) in [5.74, 6) is 0. The fraction of sp³-hybridized carbons (Fsp3) is 0.333. The topological polar surface area (TPSA) is 65.8 Å². The van der Waals surface area contributed by atoms with Crippen LogP contribution < -0.4 is 11.2 Å². The zero-order chi connectivity index (χ0) is 12.4. The second-order valence-corrected chi connectivity index (χ2v) is 4.04. The number of aromatic nitrogens is 3. The Morgan fingerprint density at radius 3 is 2.82 bits per heavy atom. The van der Waals surface area contributed by atoms with Gasteiger partial charge in [0.2, 0.25) is 5.43 Å². The molecule has 0 amide bonds. The van der Waals surface area contributed by atoms with Crippen LogP contribution in [-0.4, -0.2) is 14.3 Å². The van der Waals surface area contributed by atoms with Crippen LogP contribution >= 0.6 is 0 Å². The van der Waals surface area contributed by atoms with Gasteiger partial charge in [-0.25, -0.2) is 0 Å². The van der Waals surface area contributed by atoms with Crippen LogP contribution in [0.25, 0.3) is 0 Å². The first-order valence-corrected chi connectivity index (χ1v) is 5.57. The van der Waals surface area contributed by atoms with E-state index in [1.807, 2.05) is 16.3 Å². The van der Waals surface area contributed by atoms with Crippen LogP contribution in [0.3, 0.4) is 0 Å². The number of anilines is 1. The Balaban J connectivity index is 2.27. The molecule has 0 aliphatic rings. The molecule has 90 valence electrons. The Morgan fingerprint density at radius 2 is 2.24 bits per heavy atom. The molecule has 5 nitrogen and oxygen atoms in total. The van der Waals surface area contributed by atoms with Gasteiger partial charge in [0.25, 0.3) is 0 Å². The molecule has 0 aromatic carbocycles. The van der Waals surface area contributed by atoms with Gasteiger partial charge in [0.15, 0.2) is 0 Å². The lowest BCUT2D eigenvalue weighted by molar-refractivity contribution is 0.659. The highest BCUT2D eigenvalue weighted by molar-refractivity contribution is 5.33. The van der Waals surface area contributed by atoms with Crippen molar-refractivity contribution in [2.24, 2.45) is 7.05 Å².